The van der Waals surface area contributed by atoms with Crippen molar-refractivity contribution in [1.82, 2.24) is 5.32 Å². The predicted molar refractivity (Wildman–Crippen MR) is 118 cm³/mol. The number of amides is 1. The normalized spacial score (nSPS) is 15.7. The number of carbonyl (C=O) groups excluding carboxylic acids is 1. The maximum atomic E-state index is 13.4. The number of carbonyl (C=O) groups is 1. The maximum Gasteiger partial charge on any atom is 0.264 e. The van der Waals surface area contributed by atoms with Crippen LogP contribution in [0.2, 0.25) is 0 Å². The van der Waals surface area contributed by atoms with Gasteiger partial charge in [0.05, 0.1) is 16.6 Å². The Kier molecular flexibility index (Phi) is 6.04. The van der Waals surface area contributed by atoms with E-state index in [9.17, 15) is 17.6 Å². The first-order chi connectivity index (χ1) is 14.9. The van der Waals surface area contributed by atoms with E-state index >= 15 is 0 Å². The minimum Gasteiger partial charge on any atom is -0.348 e. The highest BCUT2D eigenvalue weighted by Crippen LogP contribution is 2.30. The molecule has 5 nitrogen and oxygen atoms in total. The summed E-state index contributed by atoms with van der Waals surface area (Å²) in [6.07, 6.45) is 2.71. The van der Waals surface area contributed by atoms with E-state index in [4.69, 9.17) is 0 Å². The number of benzene rings is 3. The molecular formula is C24H23FN2O3S. The van der Waals surface area contributed by atoms with Gasteiger partial charge >= 0.3 is 0 Å². The van der Waals surface area contributed by atoms with Gasteiger partial charge in [-0.3, -0.25) is 9.10 Å². The van der Waals surface area contributed by atoms with Crippen LogP contribution in [0.3, 0.4) is 0 Å². The van der Waals surface area contributed by atoms with Crippen molar-refractivity contribution in [2.24, 2.45) is 0 Å². The predicted octanol–water partition coefficient (Wildman–Crippen LogP) is 4.21. The van der Waals surface area contributed by atoms with Crippen LogP contribution in [0.5, 0.6) is 0 Å². The number of sulfonamides is 1. The molecule has 160 valence electrons. The second-order valence-corrected chi connectivity index (χ2v) is 9.37. The summed E-state index contributed by atoms with van der Waals surface area (Å²) in [6, 6.07) is 20.8. The van der Waals surface area contributed by atoms with Gasteiger partial charge in [-0.25, -0.2) is 12.8 Å². The standard InChI is InChI=1S/C24H23FN2O3S/c25-19-13-15-20(16-14-19)27(31(29,30)21-9-2-1-3-10-21)17-24(28)26-23-12-6-8-18-7-4-5-11-22(18)23/h1-5,7,9-11,13-16,23H,6,8,12,17H2,(H,26,28). The molecule has 0 fully saturated rings. The van der Waals surface area contributed by atoms with Gasteiger partial charge in [0.1, 0.15) is 12.4 Å². The van der Waals surface area contributed by atoms with Crippen LogP contribution in [-0.2, 0) is 21.2 Å². The van der Waals surface area contributed by atoms with Gasteiger partial charge < -0.3 is 5.32 Å². The average Bonchev–Trinajstić information content (AvgIpc) is 2.79. The monoisotopic (exact) mass is 438 g/mol. The minimum absolute atomic E-state index is 0.0649. The van der Waals surface area contributed by atoms with Gasteiger partial charge in [-0.05, 0) is 66.8 Å². The first-order valence-electron chi connectivity index (χ1n) is 10.2. The third-order valence-electron chi connectivity index (χ3n) is 5.44. The molecule has 0 heterocycles. The number of hydrogen-bond acceptors (Lipinski definition) is 3. The van der Waals surface area contributed by atoms with Gasteiger partial charge in [0.2, 0.25) is 5.91 Å². The summed E-state index contributed by atoms with van der Waals surface area (Å²) >= 11 is 0. The Balaban J connectivity index is 1.61. The van der Waals surface area contributed by atoms with E-state index in [0.717, 1.165) is 29.1 Å². The van der Waals surface area contributed by atoms with Crippen molar-refractivity contribution in [2.75, 3.05) is 10.8 Å². The highest BCUT2D eigenvalue weighted by Gasteiger charge is 2.29. The summed E-state index contributed by atoms with van der Waals surface area (Å²) in [7, 11) is -4.01. The molecule has 0 saturated carbocycles. The molecule has 1 amide bonds. The Bertz CT molecular complexity index is 1160. The Hall–Kier alpha value is -3.19. The molecule has 1 aliphatic rings. The van der Waals surface area contributed by atoms with Crippen LogP contribution in [0.25, 0.3) is 0 Å². The fraction of sp³-hybridized carbons (Fsp3) is 0.208. The summed E-state index contributed by atoms with van der Waals surface area (Å²) in [6.45, 7) is -0.401. The Labute approximate surface area is 181 Å². The average molecular weight is 439 g/mol. The van der Waals surface area contributed by atoms with E-state index in [-0.39, 0.29) is 16.6 Å². The number of hydrogen-bond donors (Lipinski definition) is 1. The molecule has 0 spiro atoms. The molecule has 1 N–H and O–H groups in total. The van der Waals surface area contributed by atoms with E-state index in [1.807, 2.05) is 18.2 Å². The lowest BCUT2D eigenvalue weighted by molar-refractivity contribution is -0.120. The number of aryl methyl sites for hydroxylation is 1. The van der Waals surface area contributed by atoms with Gasteiger partial charge in [-0.2, -0.15) is 0 Å². The molecule has 4 rings (SSSR count). The highest BCUT2D eigenvalue weighted by atomic mass is 32.2. The van der Waals surface area contributed by atoms with E-state index in [2.05, 4.69) is 11.4 Å². The zero-order valence-corrected chi connectivity index (χ0v) is 17.7. The molecule has 0 aromatic heterocycles. The Morgan fingerprint density at radius 1 is 0.968 bits per heavy atom. The van der Waals surface area contributed by atoms with Crippen molar-refractivity contribution in [3.05, 3.63) is 95.8 Å². The van der Waals surface area contributed by atoms with Crippen LogP contribution in [-0.4, -0.2) is 20.9 Å². The number of halogens is 1. The van der Waals surface area contributed by atoms with Gasteiger partial charge in [0.15, 0.2) is 0 Å². The van der Waals surface area contributed by atoms with Gasteiger partial charge in [-0.1, -0.05) is 42.5 Å². The molecule has 3 aromatic carbocycles. The second-order valence-electron chi connectivity index (χ2n) is 7.51. The quantitative estimate of drug-likeness (QED) is 0.627. The summed E-state index contributed by atoms with van der Waals surface area (Å²) in [5.41, 5.74) is 2.50. The van der Waals surface area contributed by atoms with Crippen LogP contribution < -0.4 is 9.62 Å². The number of rotatable bonds is 6. The van der Waals surface area contributed by atoms with Crippen molar-refractivity contribution in [2.45, 2.75) is 30.2 Å². The van der Waals surface area contributed by atoms with Crippen molar-refractivity contribution in [3.8, 4) is 0 Å². The molecule has 1 aliphatic carbocycles. The number of nitrogens with zero attached hydrogens (tertiary/aromatic N) is 1. The largest absolute Gasteiger partial charge is 0.348 e. The molecule has 1 unspecified atom stereocenters. The van der Waals surface area contributed by atoms with Gasteiger partial charge in [-0.15, -0.1) is 0 Å². The molecule has 1 atom stereocenters. The van der Waals surface area contributed by atoms with E-state index in [0.29, 0.717) is 0 Å². The van der Waals surface area contributed by atoms with Crippen molar-refractivity contribution < 1.29 is 17.6 Å². The smallest absolute Gasteiger partial charge is 0.264 e. The third kappa shape index (κ3) is 4.61. The summed E-state index contributed by atoms with van der Waals surface area (Å²) < 4.78 is 41.0. The zero-order valence-electron chi connectivity index (χ0n) is 16.9. The first kappa shape index (κ1) is 21.1. The molecule has 0 saturated heterocycles. The zero-order chi connectivity index (χ0) is 21.8. The second kappa shape index (κ2) is 8.89. The van der Waals surface area contributed by atoms with Crippen LogP contribution in [0.15, 0.2) is 83.8 Å². The Morgan fingerprint density at radius 3 is 2.39 bits per heavy atom. The summed E-state index contributed by atoms with van der Waals surface area (Å²) in [5.74, 6) is -0.894. The molecule has 0 radical (unpaired) electrons. The van der Waals surface area contributed by atoms with E-state index in [1.54, 1.807) is 18.2 Å². The van der Waals surface area contributed by atoms with E-state index in [1.165, 1.54) is 42.0 Å². The summed E-state index contributed by atoms with van der Waals surface area (Å²) in [4.78, 5) is 13.0. The molecule has 0 aliphatic heterocycles. The van der Waals surface area contributed by atoms with Gasteiger partial charge in [0, 0.05) is 0 Å². The van der Waals surface area contributed by atoms with Crippen LogP contribution in [0.4, 0.5) is 10.1 Å². The molecule has 3 aromatic rings. The lowest BCUT2D eigenvalue weighted by atomic mass is 9.88. The number of anilines is 1. The van der Waals surface area contributed by atoms with Crippen molar-refractivity contribution in [1.29, 1.82) is 0 Å². The van der Waals surface area contributed by atoms with Crippen LogP contribution in [0, 0.1) is 5.82 Å². The van der Waals surface area contributed by atoms with Crippen LogP contribution >= 0.6 is 0 Å². The Morgan fingerprint density at radius 2 is 1.65 bits per heavy atom. The van der Waals surface area contributed by atoms with Crippen LogP contribution in [0.1, 0.15) is 30.0 Å². The van der Waals surface area contributed by atoms with E-state index < -0.39 is 28.3 Å². The molecule has 0 bridgehead atoms. The summed E-state index contributed by atoms with van der Waals surface area (Å²) in [5, 5.41) is 2.99. The highest BCUT2D eigenvalue weighted by molar-refractivity contribution is 7.92. The van der Waals surface area contributed by atoms with Crippen molar-refractivity contribution >= 4 is 21.6 Å². The third-order valence-corrected chi connectivity index (χ3v) is 7.23. The molecule has 31 heavy (non-hydrogen) atoms. The van der Waals surface area contributed by atoms with Crippen molar-refractivity contribution in [3.63, 3.8) is 0 Å². The topological polar surface area (TPSA) is 66.5 Å². The molecule has 7 heteroatoms. The maximum absolute atomic E-state index is 13.4. The minimum atomic E-state index is -4.01. The SMILES string of the molecule is O=C(CN(c1ccc(F)cc1)S(=O)(=O)c1ccccc1)NC1CCCc2ccccc21. The fourth-order valence-electron chi connectivity index (χ4n) is 3.92. The number of fused-ring (bicyclic) bond motifs is 1. The number of nitrogens with one attached hydrogen (secondary N) is 1. The lowest BCUT2D eigenvalue weighted by Crippen LogP contribution is -2.42. The van der Waals surface area contributed by atoms with Gasteiger partial charge in [0.25, 0.3) is 10.0 Å². The fourth-order valence-corrected chi connectivity index (χ4v) is 5.36. The lowest BCUT2D eigenvalue weighted by Gasteiger charge is -2.28. The molecular weight excluding hydrogens is 415 g/mol. The first-order valence-corrected chi connectivity index (χ1v) is 11.6.